The molecule has 2 aromatic rings. The predicted octanol–water partition coefficient (Wildman–Crippen LogP) is 2.88. The van der Waals surface area contributed by atoms with Gasteiger partial charge in [0, 0.05) is 26.2 Å². The molecule has 0 bridgehead atoms. The summed E-state index contributed by atoms with van der Waals surface area (Å²) in [5.41, 5.74) is 2.37. The van der Waals surface area contributed by atoms with Crippen molar-refractivity contribution in [3.05, 3.63) is 53.9 Å². The van der Waals surface area contributed by atoms with Gasteiger partial charge in [-0.1, -0.05) is 30.3 Å². The fraction of sp³-hybridized carbons (Fsp3) is 0.412. The van der Waals surface area contributed by atoms with Gasteiger partial charge in [-0.3, -0.25) is 9.48 Å². The summed E-state index contributed by atoms with van der Waals surface area (Å²) in [5.74, 6) is 0.190. The van der Waals surface area contributed by atoms with Gasteiger partial charge in [0.25, 0.3) is 0 Å². The summed E-state index contributed by atoms with van der Waals surface area (Å²) in [6, 6.07) is 12.3. The van der Waals surface area contributed by atoms with Crippen molar-refractivity contribution in [2.75, 3.05) is 7.05 Å². The van der Waals surface area contributed by atoms with Crippen molar-refractivity contribution in [3.8, 4) is 0 Å². The number of nitrogens with zero attached hydrogens (tertiary/aromatic N) is 3. The topological polar surface area (TPSA) is 38.1 Å². The molecule has 0 atom stereocenters. The second-order valence-electron chi connectivity index (χ2n) is 5.23. The SMILES string of the molecule is CCn1nccc1CN(C)C(=O)CCCc1ccccc1. The first-order chi connectivity index (χ1) is 10.2. The fourth-order valence-corrected chi connectivity index (χ4v) is 2.39. The highest BCUT2D eigenvalue weighted by molar-refractivity contribution is 5.75. The van der Waals surface area contributed by atoms with Crippen molar-refractivity contribution in [1.82, 2.24) is 14.7 Å². The molecule has 0 fully saturated rings. The summed E-state index contributed by atoms with van der Waals surface area (Å²) < 4.78 is 1.92. The third-order valence-corrected chi connectivity index (χ3v) is 3.63. The van der Waals surface area contributed by atoms with Crippen LogP contribution in [-0.2, 0) is 24.3 Å². The van der Waals surface area contributed by atoms with Crippen molar-refractivity contribution in [2.24, 2.45) is 0 Å². The lowest BCUT2D eigenvalue weighted by atomic mass is 10.1. The Kier molecular flexibility index (Phi) is 5.55. The Morgan fingerprint density at radius 2 is 2.00 bits per heavy atom. The van der Waals surface area contributed by atoms with Crippen LogP contribution in [0.5, 0.6) is 0 Å². The Labute approximate surface area is 126 Å². The second kappa shape index (κ2) is 7.62. The first-order valence-electron chi connectivity index (χ1n) is 7.49. The molecule has 1 aromatic heterocycles. The summed E-state index contributed by atoms with van der Waals surface area (Å²) in [7, 11) is 1.86. The Morgan fingerprint density at radius 3 is 2.71 bits per heavy atom. The van der Waals surface area contributed by atoms with Crippen molar-refractivity contribution in [1.29, 1.82) is 0 Å². The number of hydrogen-bond acceptors (Lipinski definition) is 2. The van der Waals surface area contributed by atoms with Crippen LogP contribution < -0.4 is 0 Å². The van der Waals surface area contributed by atoms with E-state index in [0.29, 0.717) is 13.0 Å². The minimum atomic E-state index is 0.190. The van der Waals surface area contributed by atoms with Crippen LogP contribution in [0.2, 0.25) is 0 Å². The highest BCUT2D eigenvalue weighted by Gasteiger charge is 2.11. The van der Waals surface area contributed by atoms with E-state index < -0.39 is 0 Å². The van der Waals surface area contributed by atoms with Gasteiger partial charge in [-0.15, -0.1) is 0 Å². The summed E-state index contributed by atoms with van der Waals surface area (Å²) in [6.07, 6.45) is 4.21. The Bertz CT molecular complexity index is 562. The van der Waals surface area contributed by atoms with Crippen molar-refractivity contribution in [3.63, 3.8) is 0 Å². The predicted molar refractivity (Wildman–Crippen MR) is 83.8 cm³/mol. The maximum Gasteiger partial charge on any atom is 0.222 e. The van der Waals surface area contributed by atoms with Crippen molar-refractivity contribution >= 4 is 5.91 Å². The van der Waals surface area contributed by atoms with Crippen LogP contribution in [0.15, 0.2) is 42.6 Å². The number of hydrogen-bond donors (Lipinski definition) is 0. The van der Waals surface area contributed by atoms with Gasteiger partial charge in [0.15, 0.2) is 0 Å². The lowest BCUT2D eigenvalue weighted by molar-refractivity contribution is -0.130. The van der Waals surface area contributed by atoms with Crippen LogP contribution in [0.25, 0.3) is 0 Å². The molecule has 2 rings (SSSR count). The van der Waals surface area contributed by atoms with E-state index in [-0.39, 0.29) is 5.91 Å². The zero-order valence-electron chi connectivity index (χ0n) is 12.8. The van der Waals surface area contributed by atoms with E-state index in [4.69, 9.17) is 0 Å². The highest BCUT2D eigenvalue weighted by Crippen LogP contribution is 2.08. The molecular formula is C17H23N3O. The molecule has 0 aliphatic heterocycles. The summed E-state index contributed by atoms with van der Waals surface area (Å²) in [4.78, 5) is 13.9. The van der Waals surface area contributed by atoms with Crippen LogP contribution in [0, 0.1) is 0 Å². The molecule has 0 radical (unpaired) electrons. The second-order valence-corrected chi connectivity index (χ2v) is 5.23. The van der Waals surface area contributed by atoms with E-state index in [2.05, 4.69) is 24.2 Å². The minimum Gasteiger partial charge on any atom is -0.340 e. The number of carbonyl (C=O) groups excluding carboxylic acids is 1. The maximum atomic E-state index is 12.2. The lowest BCUT2D eigenvalue weighted by Crippen LogP contribution is -2.27. The van der Waals surface area contributed by atoms with Gasteiger partial charge >= 0.3 is 0 Å². The molecule has 4 heteroatoms. The molecule has 1 aromatic carbocycles. The van der Waals surface area contributed by atoms with Gasteiger partial charge < -0.3 is 4.90 Å². The van der Waals surface area contributed by atoms with Gasteiger partial charge in [-0.2, -0.15) is 5.10 Å². The fourth-order valence-electron chi connectivity index (χ4n) is 2.39. The molecule has 0 N–H and O–H groups in total. The maximum absolute atomic E-state index is 12.2. The zero-order chi connectivity index (χ0) is 15.1. The first kappa shape index (κ1) is 15.3. The van der Waals surface area contributed by atoms with E-state index >= 15 is 0 Å². The molecule has 1 amide bonds. The van der Waals surface area contributed by atoms with Crippen molar-refractivity contribution in [2.45, 2.75) is 39.3 Å². The quantitative estimate of drug-likeness (QED) is 0.784. The molecule has 4 nitrogen and oxygen atoms in total. The van der Waals surface area contributed by atoms with Gasteiger partial charge in [-0.25, -0.2) is 0 Å². The molecule has 0 aliphatic rings. The molecule has 0 saturated heterocycles. The average molecular weight is 285 g/mol. The zero-order valence-corrected chi connectivity index (χ0v) is 12.8. The van der Waals surface area contributed by atoms with Gasteiger partial charge in [0.1, 0.15) is 0 Å². The van der Waals surface area contributed by atoms with E-state index in [9.17, 15) is 4.79 Å². The van der Waals surface area contributed by atoms with E-state index in [1.807, 2.05) is 36.0 Å². The summed E-state index contributed by atoms with van der Waals surface area (Å²) >= 11 is 0. The number of amides is 1. The van der Waals surface area contributed by atoms with Gasteiger partial charge in [0.05, 0.1) is 12.2 Å². The molecule has 0 spiro atoms. The summed E-state index contributed by atoms with van der Waals surface area (Å²) in [6.45, 7) is 3.51. The molecule has 0 unspecified atom stereocenters. The van der Waals surface area contributed by atoms with Crippen LogP contribution >= 0.6 is 0 Å². The number of aryl methyl sites for hydroxylation is 2. The third kappa shape index (κ3) is 4.45. The number of aromatic nitrogens is 2. The van der Waals surface area contributed by atoms with Crippen LogP contribution in [0.4, 0.5) is 0 Å². The number of rotatable bonds is 7. The molecule has 112 valence electrons. The number of benzene rings is 1. The lowest BCUT2D eigenvalue weighted by Gasteiger charge is -2.17. The van der Waals surface area contributed by atoms with Crippen molar-refractivity contribution < 1.29 is 4.79 Å². The van der Waals surface area contributed by atoms with Gasteiger partial charge in [0.2, 0.25) is 5.91 Å². The molecule has 0 saturated carbocycles. The Hall–Kier alpha value is -2.10. The number of carbonyl (C=O) groups is 1. The molecule has 0 aliphatic carbocycles. The standard InChI is InChI=1S/C17H23N3O/c1-3-20-16(12-13-18-20)14-19(2)17(21)11-7-10-15-8-5-4-6-9-15/h4-6,8-9,12-13H,3,7,10-11,14H2,1-2H3. The van der Waals surface area contributed by atoms with E-state index in [1.165, 1.54) is 5.56 Å². The molecular weight excluding hydrogens is 262 g/mol. The first-order valence-corrected chi connectivity index (χ1v) is 7.49. The van der Waals surface area contributed by atoms with E-state index in [0.717, 1.165) is 25.1 Å². The van der Waals surface area contributed by atoms with Crippen LogP contribution in [0.3, 0.4) is 0 Å². The molecule has 21 heavy (non-hydrogen) atoms. The minimum absolute atomic E-state index is 0.190. The normalized spacial score (nSPS) is 10.6. The summed E-state index contributed by atoms with van der Waals surface area (Å²) in [5, 5.41) is 4.23. The largest absolute Gasteiger partial charge is 0.340 e. The molecule has 1 heterocycles. The third-order valence-electron chi connectivity index (χ3n) is 3.63. The Balaban J connectivity index is 1.77. The van der Waals surface area contributed by atoms with Crippen LogP contribution in [-0.4, -0.2) is 27.6 Å². The monoisotopic (exact) mass is 285 g/mol. The van der Waals surface area contributed by atoms with Gasteiger partial charge in [-0.05, 0) is 31.4 Å². The smallest absolute Gasteiger partial charge is 0.222 e. The van der Waals surface area contributed by atoms with E-state index in [1.54, 1.807) is 11.1 Å². The average Bonchev–Trinajstić information content (AvgIpc) is 2.95. The highest BCUT2D eigenvalue weighted by atomic mass is 16.2. The van der Waals surface area contributed by atoms with Crippen LogP contribution in [0.1, 0.15) is 31.0 Å². The Morgan fingerprint density at radius 1 is 1.24 bits per heavy atom.